The van der Waals surface area contributed by atoms with E-state index in [1.54, 1.807) is 29.2 Å². The van der Waals surface area contributed by atoms with Gasteiger partial charge in [-0.1, -0.05) is 48.5 Å². The zero-order chi connectivity index (χ0) is 19.1. The number of hydrogen-bond acceptors (Lipinski definition) is 3. The molecule has 6 heteroatoms. The van der Waals surface area contributed by atoms with Crippen LogP contribution in [0.4, 0.5) is 4.39 Å². The topological polar surface area (TPSA) is 61.9 Å². The van der Waals surface area contributed by atoms with Crippen LogP contribution in [-0.4, -0.2) is 32.3 Å². The number of benzene rings is 2. The van der Waals surface area contributed by atoms with Gasteiger partial charge in [-0.15, -0.1) is 0 Å². The molecule has 138 valence electrons. The van der Waals surface area contributed by atoms with Gasteiger partial charge in [0.25, 0.3) is 5.91 Å². The van der Waals surface area contributed by atoms with E-state index < -0.39 is 5.82 Å². The molecule has 5 nitrogen and oxygen atoms in total. The standard InChI is InChI=1S/C22H17FN4O/c23-16-8-4-7-14-9-10-18(24-20(14)16)22(28)27-12-11-17-19(13-27)26-21(25-17)15-5-2-1-3-6-15/h1-10H,11-13H2,(H,25,26). The van der Waals surface area contributed by atoms with Crippen molar-refractivity contribution in [3.63, 3.8) is 0 Å². The van der Waals surface area contributed by atoms with Crippen molar-refractivity contribution in [1.29, 1.82) is 0 Å². The summed E-state index contributed by atoms with van der Waals surface area (Å²) in [6.45, 7) is 0.993. The smallest absolute Gasteiger partial charge is 0.272 e. The lowest BCUT2D eigenvalue weighted by Gasteiger charge is -2.26. The summed E-state index contributed by atoms with van der Waals surface area (Å²) in [5.74, 6) is 0.187. The molecular weight excluding hydrogens is 355 g/mol. The van der Waals surface area contributed by atoms with Crippen LogP contribution in [0.3, 0.4) is 0 Å². The van der Waals surface area contributed by atoms with Crippen LogP contribution in [0.15, 0.2) is 60.7 Å². The van der Waals surface area contributed by atoms with Gasteiger partial charge in [0.15, 0.2) is 0 Å². The van der Waals surface area contributed by atoms with E-state index in [1.165, 1.54) is 6.07 Å². The number of nitrogens with one attached hydrogen (secondary N) is 1. The van der Waals surface area contributed by atoms with E-state index in [2.05, 4.69) is 15.0 Å². The van der Waals surface area contributed by atoms with Crippen molar-refractivity contribution in [2.45, 2.75) is 13.0 Å². The summed E-state index contributed by atoms with van der Waals surface area (Å²) in [5, 5.41) is 0.679. The highest BCUT2D eigenvalue weighted by Gasteiger charge is 2.25. The van der Waals surface area contributed by atoms with E-state index in [0.29, 0.717) is 24.9 Å². The molecule has 2 aromatic heterocycles. The number of nitrogens with zero attached hydrogens (tertiary/aromatic N) is 3. The summed E-state index contributed by atoms with van der Waals surface area (Å²) in [6, 6.07) is 18.1. The summed E-state index contributed by atoms with van der Waals surface area (Å²) in [6.07, 6.45) is 0.673. The second-order valence-corrected chi connectivity index (χ2v) is 6.86. The van der Waals surface area contributed by atoms with Crippen LogP contribution in [-0.2, 0) is 13.0 Å². The maximum Gasteiger partial charge on any atom is 0.272 e. The Bertz CT molecular complexity index is 1190. The van der Waals surface area contributed by atoms with Crippen molar-refractivity contribution < 1.29 is 9.18 Å². The van der Waals surface area contributed by atoms with Gasteiger partial charge in [0.2, 0.25) is 0 Å². The van der Waals surface area contributed by atoms with Gasteiger partial charge in [0, 0.05) is 23.9 Å². The van der Waals surface area contributed by atoms with Crippen LogP contribution in [0.1, 0.15) is 21.9 Å². The number of fused-ring (bicyclic) bond motifs is 2. The molecule has 2 aromatic carbocycles. The summed E-state index contributed by atoms with van der Waals surface area (Å²) < 4.78 is 14.0. The number of aromatic nitrogens is 3. The molecule has 3 heterocycles. The number of aromatic amines is 1. The minimum Gasteiger partial charge on any atom is -0.340 e. The number of pyridine rings is 1. The summed E-state index contributed by atoms with van der Waals surface area (Å²) in [5.41, 5.74) is 3.41. The second-order valence-electron chi connectivity index (χ2n) is 6.86. The molecule has 4 aromatic rings. The van der Waals surface area contributed by atoms with Gasteiger partial charge in [-0.3, -0.25) is 4.79 Å². The Hall–Kier alpha value is -3.54. The number of H-pyrrole nitrogens is 1. The SMILES string of the molecule is O=C(c1ccc2cccc(F)c2n1)N1CCc2nc(-c3ccccc3)[nH]c2C1. The van der Waals surface area contributed by atoms with Gasteiger partial charge < -0.3 is 9.88 Å². The van der Waals surface area contributed by atoms with Crippen molar-refractivity contribution in [2.24, 2.45) is 0 Å². The van der Waals surface area contributed by atoms with Crippen molar-refractivity contribution in [1.82, 2.24) is 19.9 Å². The molecular formula is C22H17FN4O. The molecule has 0 bridgehead atoms. The molecule has 0 unspecified atom stereocenters. The molecule has 1 aliphatic rings. The first-order valence-electron chi connectivity index (χ1n) is 9.17. The van der Waals surface area contributed by atoms with Gasteiger partial charge in [0.05, 0.1) is 17.9 Å². The molecule has 0 aliphatic carbocycles. The highest BCUT2D eigenvalue weighted by molar-refractivity contribution is 5.95. The maximum absolute atomic E-state index is 14.0. The number of rotatable bonds is 2. The summed E-state index contributed by atoms with van der Waals surface area (Å²) in [4.78, 5) is 27.0. The first-order chi connectivity index (χ1) is 13.7. The Labute approximate surface area is 160 Å². The molecule has 1 amide bonds. The Morgan fingerprint density at radius 2 is 1.86 bits per heavy atom. The average Bonchev–Trinajstić information content (AvgIpc) is 3.17. The Morgan fingerprint density at radius 3 is 2.71 bits per heavy atom. The van der Waals surface area contributed by atoms with E-state index in [9.17, 15) is 9.18 Å². The van der Waals surface area contributed by atoms with Gasteiger partial charge in [-0.25, -0.2) is 14.4 Å². The number of carbonyl (C=O) groups is 1. The number of para-hydroxylation sites is 1. The van der Waals surface area contributed by atoms with Crippen molar-refractivity contribution >= 4 is 16.8 Å². The lowest BCUT2D eigenvalue weighted by Crippen LogP contribution is -2.36. The van der Waals surface area contributed by atoms with E-state index in [4.69, 9.17) is 0 Å². The number of hydrogen-bond donors (Lipinski definition) is 1. The lowest BCUT2D eigenvalue weighted by molar-refractivity contribution is 0.0726. The second kappa shape index (κ2) is 6.56. The largest absolute Gasteiger partial charge is 0.340 e. The summed E-state index contributed by atoms with van der Waals surface area (Å²) >= 11 is 0. The lowest BCUT2D eigenvalue weighted by atomic mass is 10.1. The molecule has 0 saturated heterocycles. The third kappa shape index (κ3) is 2.83. The fourth-order valence-corrected chi connectivity index (χ4v) is 3.59. The highest BCUT2D eigenvalue weighted by atomic mass is 19.1. The van der Waals surface area contributed by atoms with Crippen LogP contribution in [0, 0.1) is 5.82 Å². The first kappa shape index (κ1) is 16.6. The number of amides is 1. The fraction of sp³-hybridized carbons (Fsp3) is 0.136. The molecule has 1 aliphatic heterocycles. The molecule has 0 radical (unpaired) electrons. The minimum absolute atomic E-state index is 0.202. The van der Waals surface area contributed by atoms with Crippen molar-refractivity contribution in [3.05, 3.63) is 83.6 Å². The molecule has 0 spiro atoms. The third-order valence-electron chi connectivity index (χ3n) is 5.06. The van der Waals surface area contributed by atoms with Gasteiger partial charge >= 0.3 is 0 Å². The van der Waals surface area contributed by atoms with Crippen molar-refractivity contribution in [3.8, 4) is 11.4 Å². The number of carbonyl (C=O) groups excluding carboxylic acids is 1. The monoisotopic (exact) mass is 372 g/mol. The van der Waals surface area contributed by atoms with Gasteiger partial charge in [0.1, 0.15) is 22.9 Å². The predicted molar refractivity (Wildman–Crippen MR) is 104 cm³/mol. The molecule has 0 saturated carbocycles. The first-order valence-corrected chi connectivity index (χ1v) is 9.17. The Morgan fingerprint density at radius 1 is 1.00 bits per heavy atom. The predicted octanol–water partition coefficient (Wildman–Crippen LogP) is 3.96. The van der Waals surface area contributed by atoms with E-state index in [1.807, 2.05) is 30.3 Å². The van der Waals surface area contributed by atoms with Crippen LogP contribution in [0.25, 0.3) is 22.3 Å². The normalized spacial score (nSPS) is 13.5. The zero-order valence-corrected chi connectivity index (χ0v) is 15.0. The summed E-state index contributed by atoms with van der Waals surface area (Å²) in [7, 11) is 0. The van der Waals surface area contributed by atoms with Crippen molar-refractivity contribution in [2.75, 3.05) is 6.54 Å². The Balaban J connectivity index is 1.42. The molecule has 0 atom stereocenters. The number of imidazole rings is 1. The highest BCUT2D eigenvalue weighted by Crippen LogP contribution is 2.24. The van der Waals surface area contributed by atoms with Crippen LogP contribution < -0.4 is 0 Å². The Kier molecular flexibility index (Phi) is 3.90. The van der Waals surface area contributed by atoms with Crippen LogP contribution >= 0.6 is 0 Å². The van der Waals surface area contributed by atoms with Crippen LogP contribution in [0.2, 0.25) is 0 Å². The molecule has 1 N–H and O–H groups in total. The van der Waals surface area contributed by atoms with Crippen LogP contribution in [0.5, 0.6) is 0 Å². The van der Waals surface area contributed by atoms with E-state index >= 15 is 0 Å². The van der Waals surface area contributed by atoms with E-state index in [0.717, 1.165) is 22.8 Å². The minimum atomic E-state index is -0.422. The third-order valence-corrected chi connectivity index (χ3v) is 5.06. The zero-order valence-electron chi connectivity index (χ0n) is 15.0. The average molecular weight is 372 g/mol. The molecule has 28 heavy (non-hydrogen) atoms. The molecule has 0 fully saturated rings. The van der Waals surface area contributed by atoms with Gasteiger partial charge in [-0.05, 0) is 12.1 Å². The fourth-order valence-electron chi connectivity index (χ4n) is 3.59. The van der Waals surface area contributed by atoms with E-state index in [-0.39, 0.29) is 17.1 Å². The number of halogens is 1. The van der Waals surface area contributed by atoms with Gasteiger partial charge in [-0.2, -0.15) is 0 Å². The quantitative estimate of drug-likeness (QED) is 0.579. The maximum atomic E-state index is 14.0. The molecule has 5 rings (SSSR count).